The lowest BCUT2D eigenvalue weighted by molar-refractivity contribution is -0.144. The van der Waals surface area contributed by atoms with Gasteiger partial charge in [-0.1, -0.05) is 0 Å². The van der Waals surface area contributed by atoms with Crippen LogP contribution in [0.1, 0.15) is 13.8 Å². The van der Waals surface area contributed by atoms with Gasteiger partial charge in [-0.05, 0) is 6.92 Å². The van der Waals surface area contributed by atoms with Crippen molar-refractivity contribution in [3.8, 4) is 0 Å². The van der Waals surface area contributed by atoms with E-state index >= 15 is 0 Å². The molecule has 2 aliphatic heterocycles. The van der Waals surface area contributed by atoms with E-state index in [2.05, 4.69) is 5.32 Å². The Kier molecular flexibility index (Phi) is 3.93. The zero-order valence-electron chi connectivity index (χ0n) is 10.3. The lowest BCUT2D eigenvalue weighted by Gasteiger charge is -2.37. The van der Waals surface area contributed by atoms with Gasteiger partial charge in [-0.25, -0.2) is 0 Å². The van der Waals surface area contributed by atoms with Crippen molar-refractivity contribution in [2.75, 3.05) is 31.3 Å². The highest BCUT2D eigenvalue weighted by atomic mass is 32.2. The van der Waals surface area contributed by atoms with Crippen LogP contribution in [-0.4, -0.2) is 65.0 Å². The van der Waals surface area contributed by atoms with Crippen LogP contribution in [0.2, 0.25) is 0 Å². The SMILES string of the molecule is CC(=O)N1CSC[C@@H]1C(=O)N1CCNC[C@@H]1C. The number of hydrogen-bond acceptors (Lipinski definition) is 4. The molecule has 2 fully saturated rings. The van der Waals surface area contributed by atoms with E-state index in [1.165, 1.54) is 6.92 Å². The lowest BCUT2D eigenvalue weighted by Crippen LogP contribution is -2.57. The third-order valence-electron chi connectivity index (χ3n) is 3.36. The average molecular weight is 257 g/mol. The molecule has 0 unspecified atom stereocenters. The Bertz CT molecular complexity index is 324. The topological polar surface area (TPSA) is 52.7 Å². The number of carbonyl (C=O) groups excluding carboxylic acids is 2. The molecule has 0 radical (unpaired) electrons. The molecule has 5 nitrogen and oxygen atoms in total. The zero-order chi connectivity index (χ0) is 12.4. The van der Waals surface area contributed by atoms with E-state index in [1.54, 1.807) is 16.7 Å². The van der Waals surface area contributed by atoms with Crippen molar-refractivity contribution in [3.63, 3.8) is 0 Å². The Morgan fingerprint density at radius 3 is 2.76 bits per heavy atom. The van der Waals surface area contributed by atoms with E-state index in [1.807, 2.05) is 11.8 Å². The van der Waals surface area contributed by atoms with Gasteiger partial charge in [-0.15, -0.1) is 11.8 Å². The third-order valence-corrected chi connectivity index (χ3v) is 4.37. The largest absolute Gasteiger partial charge is 0.336 e. The molecule has 2 amide bonds. The molecular weight excluding hydrogens is 238 g/mol. The minimum atomic E-state index is -0.252. The average Bonchev–Trinajstić information content (AvgIpc) is 2.77. The van der Waals surface area contributed by atoms with Gasteiger partial charge in [0.15, 0.2) is 0 Å². The number of nitrogens with zero attached hydrogens (tertiary/aromatic N) is 2. The molecule has 2 atom stereocenters. The quantitative estimate of drug-likeness (QED) is 0.702. The van der Waals surface area contributed by atoms with E-state index in [9.17, 15) is 9.59 Å². The minimum Gasteiger partial charge on any atom is -0.336 e. The Hall–Kier alpha value is -0.750. The van der Waals surface area contributed by atoms with E-state index in [-0.39, 0.29) is 23.9 Å². The molecule has 2 rings (SSSR count). The number of amides is 2. The first-order valence-corrected chi connectivity index (χ1v) is 7.13. The van der Waals surface area contributed by atoms with Crippen molar-refractivity contribution < 1.29 is 9.59 Å². The van der Waals surface area contributed by atoms with Crippen LogP contribution in [0.25, 0.3) is 0 Å². The lowest BCUT2D eigenvalue weighted by atomic mass is 10.1. The number of hydrogen-bond donors (Lipinski definition) is 1. The van der Waals surface area contributed by atoms with Crippen molar-refractivity contribution in [2.24, 2.45) is 0 Å². The van der Waals surface area contributed by atoms with E-state index in [4.69, 9.17) is 0 Å². The summed E-state index contributed by atoms with van der Waals surface area (Å²) in [6, 6.07) is -0.0336. The van der Waals surface area contributed by atoms with Crippen molar-refractivity contribution in [1.29, 1.82) is 0 Å². The van der Waals surface area contributed by atoms with Crippen molar-refractivity contribution in [2.45, 2.75) is 25.9 Å². The van der Waals surface area contributed by atoms with Crippen molar-refractivity contribution >= 4 is 23.6 Å². The number of nitrogens with one attached hydrogen (secondary N) is 1. The molecule has 6 heteroatoms. The third kappa shape index (κ3) is 2.57. The molecule has 96 valence electrons. The number of rotatable bonds is 1. The van der Waals surface area contributed by atoms with Gasteiger partial charge in [0, 0.05) is 38.4 Å². The maximum absolute atomic E-state index is 12.4. The van der Waals surface area contributed by atoms with Gasteiger partial charge in [0.25, 0.3) is 0 Å². The molecule has 0 aromatic carbocycles. The molecule has 0 saturated carbocycles. The smallest absolute Gasteiger partial charge is 0.246 e. The predicted molar refractivity (Wildman–Crippen MR) is 67.7 cm³/mol. The monoisotopic (exact) mass is 257 g/mol. The minimum absolute atomic E-state index is 0.00358. The fourth-order valence-corrected chi connectivity index (χ4v) is 3.53. The predicted octanol–water partition coefficient (Wildman–Crippen LogP) is -0.272. The van der Waals surface area contributed by atoms with Crippen molar-refractivity contribution in [3.05, 3.63) is 0 Å². The second kappa shape index (κ2) is 5.27. The summed E-state index contributed by atoms with van der Waals surface area (Å²) in [5, 5.41) is 3.26. The first kappa shape index (κ1) is 12.7. The van der Waals surface area contributed by atoms with Gasteiger partial charge in [0.2, 0.25) is 11.8 Å². The summed E-state index contributed by atoms with van der Waals surface area (Å²) in [7, 11) is 0. The molecule has 0 aromatic rings. The van der Waals surface area contributed by atoms with Crippen LogP contribution < -0.4 is 5.32 Å². The van der Waals surface area contributed by atoms with Crippen LogP contribution in [0.4, 0.5) is 0 Å². The van der Waals surface area contributed by atoms with Crippen LogP contribution in [0, 0.1) is 0 Å². The highest BCUT2D eigenvalue weighted by Gasteiger charge is 2.37. The van der Waals surface area contributed by atoms with Gasteiger partial charge >= 0.3 is 0 Å². The normalized spacial score (nSPS) is 29.5. The van der Waals surface area contributed by atoms with Crippen LogP contribution in [0.15, 0.2) is 0 Å². The zero-order valence-corrected chi connectivity index (χ0v) is 11.1. The first-order valence-electron chi connectivity index (χ1n) is 5.97. The number of piperazine rings is 1. The summed E-state index contributed by atoms with van der Waals surface area (Å²) < 4.78 is 0. The maximum atomic E-state index is 12.4. The van der Waals surface area contributed by atoms with Gasteiger partial charge in [0.05, 0.1) is 5.88 Å². The molecular formula is C11H19N3O2S. The molecule has 0 aromatic heterocycles. The molecule has 2 heterocycles. The van der Waals surface area contributed by atoms with Crippen LogP contribution in [-0.2, 0) is 9.59 Å². The highest BCUT2D eigenvalue weighted by molar-refractivity contribution is 7.99. The van der Waals surface area contributed by atoms with Gasteiger partial charge in [-0.3, -0.25) is 9.59 Å². The van der Waals surface area contributed by atoms with Gasteiger partial charge < -0.3 is 15.1 Å². The van der Waals surface area contributed by atoms with Gasteiger partial charge in [-0.2, -0.15) is 0 Å². The summed E-state index contributed by atoms with van der Waals surface area (Å²) in [5.41, 5.74) is 0. The molecule has 2 aliphatic rings. The standard InChI is InChI=1S/C11H19N3O2S/c1-8-5-12-3-4-13(8)11(16)10-6-17-7-14(10)9(2)15/h8,10,12H,3-7H2,1-2H3/t8-,10+/m0/s1. The van der Waals surface area contributed by atoms with Crippen LogP contribution >= 0.6 is 11.8 Å². The summed E-state index contributed by atoms with van der Waals surface area (Å²) >= 11 is 1.65. The summed E-state index contributed by atoms with van der Waals surface area (Å²) in [4.78, 5) is 27.5. The number of carbonyl (C=O) groups is 2. The second-order valence-corrected chi connectivity index (χ2v) is 5.59. The van der Waals surface area contributed by atoms with Gasteiger partial charge in [0.1, 0.15) is 6.04 Å². The Morgan fingerprint density at radius 1 is 1.35 bits per heavy atom. The Labute approximate surface area is 106 Å². The molecule has 2 saturated heterocycles. The molecule has 1 N–H and O–H groups in total. The van der Waals surface area contributed by atoms with Crippen LogP contribution in [0.5, 0.6) is 0 Å². The van der Waals surface area contributed by atoms with E-state index < -0.39 is 0 Å². The fourth-order valence-electron chi connectivity index (χ4n) is 2.32. The molecule has 0 spiro atoms. The van der Waals surface area contributed by atoms with E-state index in [0.29, 0.717) is 5.88 Å². The Morgan fingerprint density at radius 2 is 2.12 bits per heavy atom. The Balaban J connectivity index is 2.05. The second-order valence-electron chi connectivity index (χ2n) is 4.59. The summed E-state index contributed by atoms with van der Waals surface area (Å²) in [5.74, 6) is 1.48. The van der Waals surface area contributed by atoms with E-state index in [0.717, 1.165) is 25.4 Å². The first-order chi connectivity index (χ1) is 8.11. The fraction of sp³-hybridized carbons (Fsp3) is 0.818. The van der Waals surface area contributed by atoms with Crippen LogP contribution in [0.3, 0.4) is 0 Å². The molecule has 0 bridgehead atoms. The molecule has 0 aliphatic carbocycles. The molecule has 17 heavy (non-hydrogen) atoms. The number of thioether (sulfide) groups is 1. The summed E-state index contributed by atoms with van der Waals surface area (Å²) in [6.45, 7) is 6.01. The van der Waals surface area contributed by atoms with Crippen molar-refractivity contribution in [1.82, 2.24) is 15.1 Å². The summed E-state index contributed by atoms with van der Waals surface area (Å²) in [6.07, 6.45) is 0. The highest BCUT2D eigenvalue weighted by Crippen LogP contribution is 2.23. The maximum Gasteiger partial charge on any atom is 0.246 e.